The summed E-state index contributed by atoms with van der Waals surface area (Å²) in [6.07, 6.45) is -9.13. The summed E-state index contributed by atoms with van der Waals surface area (Å²) in [5, 5.41) is 2.49. The van der Waals surface area contributed by atoms with Gasteiger partial charge in [0.25, 0.3) is 5.92 Å². The quantitative estimate of drug-likeness (QED) is 0.517. The van der Waals surface area contributed by atoms with Gasteiger partial charge in [-0.3, -0.25) is 4.98 Å². The summed E-state index contributed by atoms with van der Waals surface area (Å²) in [6.45, 7) is -0.904. The number of hydrogen-bond acceptors (Lipinski definition) is 7. The number of anilines is 3. The van der Waals surface area contributed by atoms with Gasteiger partial charge in [0.2, 0.25) is 11.9 Å². The fourth-order valence-corrected chi connectivity index (χ4v) is 3.09. The zero-order valence-corrected chi connectivity index (χ0v) is 16.8. The minimum Gasteiger partial charge on any atom is -0.334 e. The first-order valence-corrected chi connectivity index (χ1v) is 9.54. The van der Waals surface area contributed by atoms with Crippen LogP contribution in [0.2, 0.25) is 0 Å². The molecule has 0 saturated carbocycles. The van der Waals surface area contributed by atoms with E-state index >= 15 is 0 Å². The number of aromatic nitrogens is 5. The Kier molecular flexibility index (Phi) is 5.73. The number of pyridine rings is 2. The number of hydrogen-bond donors (Lipinski definition) is 1. The molecule has 15 heteroatoms. The van der Waals surface area contributed by atoms with Crippen LogP contribution in [-0.2, 0) is 12.4 Å². The maximum absolute atomic E-state index is 13.7. The highest BCUT2D eigenvalue weighted by atomic mass is 19.4. The number of nitrogens with zero attached hydrogens (tertiary/aromatic N) is 6. The summed E-state index contributed by atoms with van der Waals surface area (Å²) in [7, 11) is 0. The van der Waals surface area contributed by atoms with Crippen molar-refractivity contribution in [3.8, 4) is 11.5 Å². The highest BCUT2D eigenvalue weighted by Gasteiger charge is 2.40. The molecule has 4 heterocycles. The molecule has 180 valence electrons. The molecule has 3 aromatic heterocycles. The molecule has 1 aliphatic heterocycles. The van der Waals surface area contributed by atoms with Gasteiger partial charge in [0.15, 0.2) is 5.82 Å². The van der Waals surface area contributed by atoms with E-state index in [0.29, 0.717) is 6.07 Å². The molecule has 0 spiro atoms. The van der Waals surface area contributed by atoms with Gasteiger partial charge < -0.3 is 10.2 Å². The molecule has 0 amide bonds. The lowest BCUT2D eigenvalue weighted by Crippen LogP contribution is -2.27. The van der Waals surface area contributed by atoms with E-state index in [2.05, 4.69) is 30.2 Å². The summed E-state index contributed by atoms with van der Waals surface area (Å²) in [5.74, 6) is -4.11. The van der Waals surface area contributed by atoms with Crippen molar-refractivity contribution in [1.29, 1.82) is 0 Å². The highest BCUT2D eigenvalue weighted by molar-refractivity contribution is 5.59. The van der Waals surface area contributed by atoms with Crippen molar-refractivity contribution in [2.24, 2.45) is 0 Å². The molecular formula is C19H13F8N7. The fourth-order valence-electron chi connectivity index (χ4n) is 3.09. The van der Waals surface area contributed by atoms with Crippen molar-refractivity contribution >= 4 is 17.6 Å². The number of rotatable bonds is 4. The van der Waals surface area contributed by atoms with Gasteiger partial charge in [0.05, 0.1) is 6.54 Å². The molecule has 34 heavy (non-hydrogen) atoms. The Morgan fingerprint density at radius 1 is 0.882 bits per heavy atom. The standard InChI is InChI=1S/C19H13F8N7/c20-17(21)5-7-34(9-17)16-32-14(11-2-1-3-12(30-11)18(22,23)24)31-15(33-16)29-10-4-6-28-13(8-10)19(25,26)27/h1-4,6,8H,5,7,9H2,(H,28,29,31,32,33). The summed E-state index contributed by atoms with van der Waals surface area (Å²) in [5.41, 5.74) is -2.93. The molecule has 0 bridgehead atoms. The van der Waals surface area contributed by atoms with Crippen LogP contribution in [-0.4, -0.2) is 43.9 Å². The predicted molar refractivity (Wildman–Crippen MR) is 102 cm³/mol. The molecule has 0 radical (unpaired) electrons. The molecule has 3 aromatic rings. The lowest BCUT2D eigenvalue weighted by atomic mass is 10.3. The van der Waals surface area contributed by atoms with E-state index in [1.54, 1.807) is 0 Å². The minimum atomic E-state index is -4.77. The van der Waals surface area contributed by atoms with E-state index in [1.165, 1.54) is 12.1 Å². The van der Waals surface area contributed by atoms with Crippen molar-refractivity contribution < 1.29 is 35.1 Å². The van der Waals surface area contributed by atoms with Crippen LogP contribution in [0, 0.1) is 0 Å². The van der Waals surface area contributed by atoms with Crippen LogP contribution in [0.5, 0.6) is 0 Å². The molecule has 1 aliphatic rings. The van der Waals surface area contributed by atoms with Gasteiger partial charge in [-0.25, -0.2) is 13.8 Å². The normalized spacial score (nSPS) is 16.1. The van der Waals surface area contributed by atoms with Crippen LogP contribution < -0.4 is 10.2 Å². The maximum atomic E-state index is 13.7. The topological polar surface area (TPSA) is 79.7 Å². The van der Waals surface area contributed by atoms with Crippen LogP contribution in [0.3, 0.4) is 0 Å². The van der Waals surface area contributed by atoms with Crippen molar-refractivity contribution in [3.05, 3.63) is 47.9 Å². The van der Waals surface area contributed by atoms with Crippen molar-refractivity contribution in [2.75, 3.05) is 23.3 Å². The molecule has 1 saturated heterocycles. The second kappa shape index (κ2) is 8.29. The molecule has 0 aliphatic carbocycles. The third kappa shape index (κ3) is 5.28. The SMILES string of the molecule is FC1(F)CCN(c2nc(Nc3ccnc(C(F)(F)F)c3)nc(-c3cccc(C(F)(F)F)n3)n2)C1. The highest BCUT2D eigenvalue weighted by Crippen LogP contribution is 2.33. The maximum Gasteiger partial charge on any atom is 0.433 e. The number of alkyl halides is 8. The number of nitrogens with one attached hydrogen (secondary N) is 1. The first kappa shape index (κ1) is 23.5. The Morgan fingerprint density at radius 3 is 2.26 bits per heavy atom. The van der Waals surface area contributed by atoms with E-state index < -0.39 is 42.6 Å². The average Bonchev–Trinajstić information content (AvgIpc) is 3.12. The van der Waals surface area contributed by atoms with E-state index in [4.69, 9.17) is 0 Å². The van der Waals surface area contributed by atoms with Gasteiger partial charge in [0.1, 0.15) is 17.1 Å². The summed E-state index contributed by atoms with van der Waals surface area (Å²) < 4.78 is 106. The van der Waals surface area contributed by atoms with Crippen LogP contribution >= 0.6 is 0 Å². The summed E-state index contributed by atoms with van der Waals surface area (Å²) in [6, 6.07) is 4.79. The Hall–Kier alpha value is -3.65. The van der Waals surface area contributed by atoms with Gasteiger partial charge in [-0.1, -0.05) is 6.07 Å². The second-order valence-electron chi connectivity index (χ2n) is 7.27. The van der Waals surface area contributed by atoms with Crippen molar-refractivity contribution in [3.63, 3.8) is 0 Å². The lowest BCUT2D eigenvalue weighted by Gasteiger charge is -2.18. The van der Waals surface area contributed by atoms with E-state index in [-0.39, 0.29) is 35.6 Å². The van der Waals surface area contributed by atoms with Gasteiger partial charge in [0, 0.05) is 24.8 Å². The molecule has 0 unspecified atom stereocenters. The Labute approximate surface area is 185 Å². The van der Waals surface area contributed by atoms with Crippen LogP contribution in [0.25, 0.3) is 11.5 Å². The van der Waals surface area contributed by atoms with E-state index in [0.717, 1.165) is 23.2 Å². The molecule has 1 N–H and O–H groups in total. The Morgan fingerprint density at radius 2 is 1.62 bits per heavy atom. The van der Waals surface area contributed by atoms with Crippen molar-refractivity contribution in [1.82, 2.24) is 24.9 Å². The zero-order chi connectivity index (χ0) is 24.7. The molecule has 1 fully saturated rings. The lowest BCUT2D eigenvalue weighted by molar-refractivity contribution is -0.141. The summed E-state index contributed by atoms with van der Waals surface area (Å²) in [4.78, 5) is 19.7. The third-order valence-corrected chi connectivity index (χ3v) is 4.65. The third-order valence-electron chi connectivity index (χ3n) is 4.65. The number of halogens is 8. The Bertz CT molecular complexity index is 1200. The molecule has 0 aromatic carbocycles. The molecule has 4 rings (SSSR count). The van der Waals surface area contributed by atoms with Crippen LogP contribution in [0.4, 0.5) is 52.7 Å². The first-order valence-electron chi connectivity index (χ1n) is 9.54. The van der Waals surface area contributed by atoms with Gasteiger partial charge in [-0.2, -0.15) is 41.3 Å². The second-order valence-corrected chi connectivity index (χ2v) is 7.27. The largest absolute Gasteiger partial charge is 0.433 e. The van der Waals surface area contributed by atoms with E-state index in [9.17, 15) is 35.1 Å². The van der Waals surface area contributed by atoms with Crippen LogP contribution in [0.1, 0.15) is 17.8 Å². The Balaban J connectivity index is 1.76. The van der Waals surface area contributed by atoms with Crippen molar-refractivity contribution in [2.45, 2.75) is 24.7 Å². The average molecular weight is 491 g/mol. The van der Waals surface area contributed by atoms with Gasteiger partial charge in [-0.15, -0.1) is 0 Å². The zero-order valence-electron chi connectivity index (χ0n) is 16.8. The predicted octanol–water partition coefficient (Wildman–Crippen LogP) is 4.96. The summed E-state index contributed by atoms with van der Waals surface area (Å²) >= 11 is 0. The minimum absolute atomic E-state index is 0.144. The van der Waals surface area contributed by atoms with Crippen LogP contribution in [0.15, 0.2) is 36.5 Å². The molecule has 7 nitrogen and oxygen atoms in total. The van der Waals surface area contributed by atoms with Gasteiger partial charge in [-0.05, 0) is 24.3 Å². The van der Waals surface area contributed by atoms with E-state index in [1.807, 2.05) is 0 Å². The fraction of sp³-hybridized carbons (Fsp3) is 0.316. The molecular weight excluding hydrogens is 478 g/mol. The van der Waals surface area contributed by atoms with Gasteiger partial charge >= 0.3 is 12.4 Å². The molecule has 0 atom stereocenters. The smallest absolute Gasteiger partial charge is 0.334 e. The monoisotopic (exact) mass is 491 g/mol. The first-order chi connectivity index (χ1) is 15.8.